The molecule has 0 spiro atoms. The zero-order chi connectivity index (χ0) is 14.9. The second kappa shape index (κ2) is 8.85. The molecule has 0 rings (SSSR count). The number of carbonyl (C=O) groups is 1. The van der Waals surface area contributed by atoms with Gasteiger partial charge in [0.15, 0.2) is 5.25 Å². The van der Waals surface area contributed by atoms with E-state index in [1.807, 2.05) is 0 Å². The molecule has 0 aliphatic heterocycles. The van der Waals surface area contributed by atoms with Crippen LogP contribution in [-0.2, 0) is 24.3 Å². The van der Waals surface area contributed by atoms with Crippen molar-refractivity contribution < 1.29 is 22.7 Å². The molecule has 19 heavy (non-hydrogen) atoms. The van der Waals surface area contributed by atoms with Crippen molar-refractivity contribution in [3.8, 4) is 6.07 Å². The van der Waals surface area contributed by atoms with Gasteiger partial charge < -0.3 is 9.47 Å². The zero-order valence-corrected chi connectivity index (χ0v) is 12.3. The fourth-order valence-corrected chi connectivity index (χ4v) is 3.02. The van der Waals surface area contributed by atoms with E-state index in [0.717, 1.165) is 4.31 Å². The Kier molecular flexibility index (Phi) is 8.30. The van der Waals surface area contributed by atoms with Gasteiger partial charge in [0.25, 0.3) is 0 Å². The summed E-state index contributed by atoms with van der Waals surface area (Å²) in [6.45, 7) is 1.91. The Morgan fingerprint density at radius 2 is 2.00 bits per heavy atom. The van der Waals surface area contributed by atoms with Gasteiger partial charge in [0.2, 0.25) is 10.0 Å². The van der Waals surface area contributed by atoms with Gasteiger partial charge in [-0.1, -0.05) is 6.92 Å². The van der Waals surface area contributed by atoms with Crippen LogP contribution in [0.2, 0.25) is 0 Å². The third kappa shape index (κ3) is 5.55. The molecule has 0 aromatic rings. The van der Waals surface area contributed by atoms with Gasteiger partial charge in [0, 0.05) is 20.2 Å². The van der Waals surface area contributed by atoms with Gasteiger partial charge >= 0.3 is 5.97 Å². The highest BCUT2D eigenvalue weighted by molar-refractivity contribution is 7.90. The van der Waals surface area contributed by atoms with E-state index in [1.54, 1.807) is 13.0 Å². The van der Waals surface area contributed by atoms with Crippen LogP contribution in [0.25, 0.3) is 0 Å². The first-order valence-electron chi connectivity index (χ1n) is 5.88. The highest BCUT2D eigenvalue weighted by atomic mass is 32.2. The fourth-order valence-electron chi connectivity index (χ4n) is 1.43. The van der Waals surface area contributed by atoms with Crippen molar-refractivity contribution in [3.05, 3.63) is 0 Å². The summed E-state index contributed by atoms with van der Waals surface area (Å²) < 4.78 is 34.8. The lowest BCUT2D eigenvalue weighted by Gasteiger charge is -2.23. The van der Waals surface area contributed by atoms with Crippen LogP contribution in [0.1, 0.15) is 19.8 Å². The lowest BCUT2D eigenvalue weighted by Crippen LogP contribution is -2.41. The SMILES string of the molecule is CCC(C#N)S(=O)(=O)N(CCOC)CCC(=O)OC. The van der Waals surface area contributed by atoms with E-state index in [0.29, 0.717) is 0 Å². The van der Waals surface area contributed by atoms with Crippen molar-refractivity contribution in [2.45, 2.75) is 25.0 Å². The molecule has 0 saturated carbocycles. The zero-order valence-electron chi connectivity index (χ0n) is 11.5. The lowest BCUT2D eigenvalue weighted by molar-refractivity contribution is -0.140. The summed E-state index contributed by atoms with van der Waals surface area (Å²) in [6, 6.07) is 1.76. The first kappa shape index (κ1) is 17.8. The van der Waals surface area contributed by atoms with Crippen molar-refractivity contribution in [3.63, 3.8) is 0 Å². The summed E-state index contributed by atoms with van der Waals surface area (Å²) in [5, 5.41) is 7.77. The molecular weight excluding hydrogens is 272 g/mol. The molecule has 0 heterocycles. The van der Waals surface area contributed by atoms with Gasteiger partial charge in [-0.2, -0.15) is 9.57 Å². The lowest BCUT2D eigenvalue weighted by atomic mass is 10.4. The Hall–Kier alpha value is -1.17. The average Bonchev–Trinajstić information content (AvgIpc) is 2.39. The van der Waals surface area contributed by atoms with Crippen molar-refractivity contribution >= 4 is 16.0 Å². The molecule has 8 heteroatoms. The van der Waals surface area contributed by atoms with Gasteiger partial charge in [-0.3, -0.25) is 4.79 Å². The van der Waals surface area contributed by atoms with Crippen molar-refractivity contribution in [1.82, 2.24) is 4.31 Å². The minimum absolute atomic E-state index is 0.0173. The Labute approximate surface area is 114 Å². The third-order valence-corrected chi connectivity index (χ3v) is 4.81. The van der Waals surface area contributed by atoms with Crippen LogP contribution < -0.4 is 0 Å². The number of rotatable bonds is 9. The van der Waals surface area contributed by atoms with Gasteiger partial charge in [0.1, 0.15) is 0 Å². The standard InChI is InChI=1S/C11H20N2O5S/c1-4-10(9-12)19(15,16)13(7-8-17-2)6-5-11(14)18-3/h10H,4-8H2,1-3H3. The molecule has 0 aromatic heterocycles. The maximum atomic E-state index is 12.2. The van der Waals surface area contributed by atoms with Crippen molar-refractivity contribution in [2.75, 3.05) is 33.9 Å². The van der Waals surface area contributed by atoms with Gasteiger partial charge in [-0.05, 0) is 6.42 Å². The van der Waals surface area contributed by atoms with E-state index in [-0.39, 0.29) is 32.5 Å². The van der Waals surface area contributed by atoms with E-state index in [1.165, 1.54) is 14.2 Å². The molecule has 0 saturated heterocycles. The number of ether oxygens (including phenoxy) is 2. The quantitative estimate of drug-likeness (QED) is 0.560. The fraction of sp³-hybridized carbons (Fsp3) is 0.818. The molecule has 0 amide bonds. The first-order chi connectivity index (χ1) is 8.93. The summed E-state index contributed by atoms with van der Waals surface area (Å²) >= 11 is 0. The van der Waals surface area contributed by atoms with Crippen LogP contribution in [0.4, 0.5) is 0 Å². The van der Waals surface area contributed by atoms with Gasteiger partial charge in [-0.15, -0.1) is 0 Å². The van der Waals surface area contributed by atoms with Crippen LogP contribution in [0, 0.1) is 11.3 Å². The van der Waals surface area contributed by atoms with Crippen molar-refractivity contribution in [2.24, 2.45) is 0 Å². The Bertz CT molecular complexity index is 415. The van der Waals surface area contributed by atoms with E-state index in [9.17, 15) is 13.2 Å². The topological polar surface area (TPSA) is 96.7 Å². The molecule has 0 aliphatic rings. The van der Waals surface area contributed by atoms with Gasteiger partial charge in [-0.25, -0.2) is 8.42 Å². The molecule has 0 fully saturated rings. The number of methoxy groups -OCH3 is 2. The van der Waals surface area contributed by atoms with Crippen LogP contribution in [0.3, 0.4) is 0 Å². The predicted molar refractivity (Wildman–Crippen MR) is 68.7 cm³/mol. The summed E-state index contributed by atoms with van der Waals surface area (Å²) in [5.74, 6) is -0.498. The molecular formula is C11H20N2O5S. The predicted octanol–water partition coefficient (Wildman–Crippen LogP) is 0.130. The molecule has 0 bridgehead atoms. The molecule has 1 atom stereocenters. The summed E-state index contributed by atoms with van der Waals surface area (Å²) in [7, 11) is -1.07. The van der Waals surface area contributed by atoms with E-state index in [2.05, 4.69) is 4.74 Å². The smallest absolute Gasteiger partial charge is 0.306 e. The average molecular weight is 292 g/mol. The molecule has 110 valence electrons. The minimum Gasteiger partial charge on any atom is -0.469 e. The number of nitrogens with zero attached hydrogens (tertiary/aromatic N) is 2. The largest absolute Gasteiger partial charge is 0.469 e. The highest BCUT2D eigenvalue weighted by Crippen LogP contribution is 2.12. The van der Waals surface area contributed by atoms with E-state index in [4.69, 9.17) is 10.00 Å². The highest BCUT2D eigenvalue weighted by Gasteiger charge is 2.30. The van der Waals surface area contributed by atoms with Crippen LogP contribution in [-0.4, -0.2) is 57.9 Å². The molecule has 0 N–H and O–H groups in total. The van der Waals surface area contributed by atoms with E-state index >= 15 is 0 Å². The molecule has 0 radical (unpaired) electrons. The molecule has 0 aliphatic carbocycles. The van der Waals surface area contributed by atoms with Crippen LogP contribution in [0.5, 0.6) is 0 Å². The monoisotopic (exact) mass is 292 g/mol. The Balaban J connectivity index is 4.92. The first-order valence-corrected chi connectivity index (χ1v) is 7.38. The Morgan fingerprint density at radius 1 is 1.37 bits per heavy atom. The molecule has 1 unspecified atom stereocenters. The number of carbonyl (C=O) groups excluding carboxylic acids is 1. The summed E-state index contributed by atoms with van der Waals surface area (Å²) in [5.41, 5.74) is 0. The number of hydrogen-bond donors (Lipinski definition) is 0. The van der Waals surface area contributed by atoms with E-state index < -0.39 is 21.2 Å². The Morgan fingerprint density at radius 3 is 2.42 bits per heavy atom. The third-order valence-electron chi connectivity index (χ3n) is 2.57. The second-order valence-electron chi connectivity index (χ2n) is 3.79. The van der Waals surface area contributed by atoms with Gasteiger partial charge in [0.05, 0.1) is 26.2 Å². The number of esters is 1. The van der Waals surface area contributed by atoms with Crippen LogP contribution in [0.15, 0.2) is 0 Å². The molecule has 7 nitrogen and oxygen atoms in total. The number of hydrogen-bond acceptors (Lipinski definition) is 6. The minimum atomic E-state index is -3.75. The number of sulfonamides is 1. The van der Waals surface area contributed by atoms with Crippen LogP contribution >= 0.6 is 0 Å². The second-order valence-corrected chi connectivity index (χ2v) is 5.90. The maximum Gasteiger partial charge on any atom is 0.306 e. The maximum absolute atomic E-state index is 12.2. The normalized spacial score (nSPS) is 13.0. The summed E-state index contributed by atoms with van der Waals surface area (Å²) in [6.07, 6.45) is 0.141. The molecule has 0 aromatic carbocycles. The van der Waals surface area contributed by atoms with Crippen molar-refractivity contribution in [1.29, 1.82) is 5.26 Å². The number of nitriles is 1. The summed E-state index contributed by atoms with van der Waals surface area (Å²) in [4.78, 5) is 11.1.